The third-order valence-electron chi connectivity index (χ3n) is 2.58. The zero-order valence-corrected chi connectivity index (χ0v) is 13.0. The maximum Gasteiger partial charge on any atom is 0.239 e. The fourth-order valence-corrected chi connectivity index (χ4v) is 2.39. The molecule has 0 aromatic heterocycles. The molecule has 0 atom stereocenters. The summed E-state index contributed by atoms with van der Waals surface area (Å²) in [6, 6.07) is 6.98. The molecular weight excluding hydrogens is 292 g/mol. The van der Waals surface area contributed by atoms with E-state index in [4.69, 9.17) is 4.74 Å². The minimum Gasteiger partial charge on any atom is -0.492 e. The molecule has 116 valence electrons. The van der Waals surface area contributed by atoms with Crippen LogP contribution in [0.5, 0.6) is 5.75 Å². The van der Waals surface area contributed by atoms with E-state index in [2.05, 4.69) is 11.9 Å². The Labute approximate surface area is 125 Å². The van der Waals surface area contributed by atoms with Crippen molar-refractivity contribution in [2.24, 2.45) is 0 Å². The van der Waals surface area contributed by atoms with Crippen LogP contribution in [0.4, 0.5) is 5.69 Å². The number of hydrogen-bond acceptors (Lipinski definition) is 4. The molecule has 0 radical (unpaired) electrons. The van der Waals surface area contributed by atoms with E-state index in [1.165, 1.54) is 6.08 Å². The van der Waals surface area contributed by atoms with Crippen LogP contribution in [0.3, 0.4) is 0 Å². The van der Waals surface area contributed by atoms with Gasteiger partial charge in [-0.1, -0.05) is 18.2 Å². The first-order chi connectivity index (χ1) is 9.88. The first-order valence-electron chi connectivity index (χ1n) is 6.46. The van der Waals surface area contributed by atoms with Crippen molar-refractivity contribution in [1.82, 2.24) is 4.31 Å². The summed E-state index contributed by atoms with van der Waals surface area (Å²) < 4.78 is 29.5. The second kappa shape index (κ2) is 7.80. The van der Waals surface area contributed by atoms with Crippen LogP contribution in [0.25, 0.3) is 0 Å². The zero-order valence-electron chi connectivity index (χ0n) is 12.2. The van der Waals surface area contributed by atoms with Crippen molar-refractivity contribution < 1.29 is 17.9 Å². The third-order valence-corrected chi connectivity index (χ3v) is 3.80. The number of hydrogen-bond donors (Lipinski definition) is 1. The van der Waals surface area contributed by atoms with Gasteiger partial charge < -0.3 is 10.1 Å². The molecule has 6 nitrogen and oxygen atoms in total. The van der Waals surface area contributed by atoms with Gasteiger partial charge in [0.05, 0.1) is 25.1 Å². The smallest absolute Gasteiger partial charge is 0.239 e. The molecule has 1 aromatic carbocycles. The highest BCUT2D eigenvalue weighted by Crippen LogP contribution is 2.23. The molecule has 0 aliphatic rings. The maximum atomic E-state index is 12.0. The summed E-state index contributed by atoms with van der Waals surface area (Å²) in [4.78, 5) is 12.0. The van der Waals surface area contributed by atoms with E-state index in [0.29, 0.717) is 18.0 Å². The Morgan fingerprint density at radius 1 is 1.43 bits per heavy atom. The number of ether oxygens (including phenoxy) is 1. The highest BCUT2D eigenvalue weighted by Gasteiger charge is 2.19. The summed E-state index contributed by atoms with van der Waals surface area (Å²) in [5, 5.41) is 2.65. The number of carbonyl (C=O) groups is 1. The predicted molar refractivity (Wildman–Crippen MR) is 82.9 cm³/mol. The van der Waals surface area contributed by atoms with Crippen molar-refractivity contribution in [3.8, 4) is 5.75 Å². The Kier molecular flexibility index (Phi) is 6.39. The number of sulfonamides is 1. The summed E-state index contributed by atoms with van der Waals surface area (Å²) in [6.07, 6.45) is 2.49. The van der Waals surface area contributed by atoms with Crippen molar-refractivity contribution in [2.45, 2.75) is 6.92 Å². The second-order valence-electron chi connectivity index (χ2n) is 4.32. The van der Waals surface area contributed by atoms with Gasteiger partial charge in [-0.05, 0) is 19.1 Å². The summed E-state index contributed by atoms with van der Waals surface area (Å²) in [5.41, 5.74) is 0.511. The monoisotopic (exact) mass is 312 g/mol. The van der Waals surface area contributed by atoms with Gasteiger partial charge >= 0.3 is 0 Å². The number of nitrogens with zero attached hydrogens (tertiary/aromatic N) is 1. The number of amides is 1. The van der Waals surface area contributed by atoms with Crippen molar-refractivity contribution >= 4 is 21.6 Å². The largest absolute Gasteiger partial charge is 0.492 e. The zero-order chi connectivity index (χ0) is 15.9. The molecule has 0 aliphatic heterocycles. The van der Waals surface area contributed by atoms with Gasteiger partial charge in [0.1, 0.15) is 5.75 Å². The van der Waals surface area contributed by atoms with Gasteiger partial charge in [-0.3, -0.25) is 4.79 Å². The van der Waals surface area contributed by atoms with Gasteiger partial charge in [-0.15, -0.1) is 6.58 Å². The minimum absolute atomic E-state index is 0.0827. The van der Waals surface area contributed by atoms with Gasteiger partial charge in [-0.2, -0.15) is 4.31 Å². The number of rotatable bonds is 8. The van der Waals surface area contributed by atoms with E-state index >= 15 is 0 Å². The summed E-state index contributed by atoms with van der Waals surface area (Å²) in [5.74, 6) is 0.109. The SMILES string of the molecule is C=CCN(CC(=O)Nc1ccccc1OCC)S(C)(=O)=O. The van der Waals surface area contributed by atoms with E-state index in [1.807, 2.05) is 6.92 Å². The molecule has 21 heavy (non-hydrogen) atoms. The Morgan fingerprint density at radius 2 is 2.10 bits per heavy atom. The lowest BCUT2D eigenvalue weighted by Crippen LogP contribution is -2.37. The molecule has 1 N–H and O–H groups in total. The van der Waals surface area contributed by atoms with E-state index in [-0.39, 0.29) is 13.1 Å². The summed E-state index contributed by atoms with van der Waals surface area (Å²) in [6.45, 7) is 5.61. The van der Waals surface area contributed by atoms with Crippen LogP contribution in [-0.4, -0.2) is 44.6 Å². The molecule has 1 rings (SSSR count). The lowest BCUT2D eigenvalue weighted by atomic mass is 10.3. The predicted octanol–water partition coefficient (Wildman–Crippen LogP) is 1.47. The van der Waals surface area contributed by atoms with E-state index < -0.39 is 15.9 Å². The van der Waals surface area contributed by atoms with Gasteiger partial charge in [0, 0.05) is 6.54 Å². The fourth-order valence-electron chi connectivity index (χ4n) is 1.66. The van der Waals surface area contributed by atoms with Crippen molar-refractivity contribution in [1.29, 1.82) is 0 Å². The van der Waals surface area contributed by atoms with E-state index in [9.17, 15) is 13.2 Å². The highest BCUT2D eigenvalue weighted by molar-refractivity contribution is 7.88. The normalized spacial score (nSPS) is 11.2. The number of para-hydroxylation sites is 2. The third kappa shape index (κ3) is 5.57. The van der Waals surface area contributed by atoms with Gasteiger partial charge in [0.2, 0.25) is 15.9 Å². The van der Waals surface area contributed by atoms with Crippen LogP contribution >= 0.6 is 0 Å². The molecule has 1 amide bonds. The first kappa shape index (κ1) is 17.2. The Morgan fingerprint density at radius 3 is 2.67 bits per heavy atom. The molecular formula is C14H20N2O4S. The number of nitrogens with one attached hydrogen (secondary N) is 1. The van der Waals surface area contributed by atoms with Crippen LogP contribution in [0.1, 0.15) is 6.92 Å². The molecule has 0 saturated carbocycles. The fraction of sp³-hybridized carbons (Fsp3) is 0.357. The molecule has 0 aliphatic carbocycles. The van der Waals surface area contributed by atoms with Crippen molar-refractivity contribution in [3.05, 3.63) is 36.9 Å². The standard InChI is InChI=1S/C14H20N2O4S/c1-4-10-16(21(3,18)19)11-14(17)15-12-8-6-7-9-13(12)20-5-2/h4,6-9H,1,5,10-11H2,2-3H3,(H,15,17). The van der Waals surface area contributed by atoms with E-state index in [1.54, 1.807) is 24.3 Å². The number of anilines is 1. The van der Waals surface area contributed by atoms with Gasteiger partial charge in [0.15, 0.2) is 0 Å². The quantitative estimate of drug-likeness (QED) is 0.738. The van der Waals surface area contributed by atoms with Crippen molar-refractivity contribution in [3.63, 3.8) is 0 Å². The van der Waals surface area contributed by atoms with Gasteiger partial charge in [-0.25, -0.2) is 8.42 Å². The Bertz CT molecular complexity index is 599. The average molecular weight is 312 g/mol. The van der Waals surface area contributed by atoms with Crippen LogP contribution in [0.15, 0.2) is 36.9 Å². The molecule has 0 bridgehead atoms. The molecule has 0 spiro atoms. The number of carbonyl (C=O) groups excluding carboxylic acids is 1. The Balaban J connectivity index is 2.79. The first-order valence-corrected chi connectivity index (χ1v) is 8.31. The molecule has 0 saturated heterocycles. The summed E-state index contributed by atoms with van der Waals surface area (Å²) >= 11 is 0. The van der Waals surface area contributed by atoms with Crippen LogP contribution in [0.2, 0.25) is 0 Å². The number of benzene rings is 1. The van der Waals surface area contributed by atoms with E-state index in [0.717, 1.165) is 10.6 Å². The lowest BCUT2D eigenvalue weighted by molar-refractivity contribution is -0.116. The Hall–Kier alpha value is -1.86. The van der Waals surface area contributed by atoms with Gasteiger partial charge in [0.25, 0.3) is 0 Å². The second-order valence-corrected chi connectivity index (χ2v) is 6.30. The molecule has 0 fully saturated rings. The lowest BCUT2D eigenvalue weighted by Gasteiger charge is -2.18. The molecule has 7 heteroatoms. The van der Waals surface area contributed by atoms with Crippen LogP contribution in [0, 0.1) is 0 Å². The van der Waals surface area contributed by atoms with Crippen molar-refractivity contribution in [2.75, 3.05) is 31.3 Å². The van der Waals surface area contributed by atoms with Crippen LogP contribution < -0.4 is 10.1 Å². The molecule has 0 heterocycles. The highest BCUT2D eigenvalue weighted by atomic mass is 32.2. The molecule has 1 aromatic rings. The molecule has 0 unspecified atom stereocenters. The minimum atomic E-state index is -3.46. The summed E-state index contributed by atoms with van der Waals surface area (Å²) in [7, 11) is -3.46. The maximum absolute atomic E-state index is 12.0. The van der Waals surface area contributed by atoms with Crippen LogP contribution in [-0.2, 0) is 14.8 Å². The topological polar surface area (TPSA) is 75.7 Å². The average Bonchev–Trinajstić information content (AvgIpc) is 2.40.